The first-order valence-electron chi connectivity index (χ1n) is 9.28. The Morgan fingerprint density at radius 3 is 2.69 bits per heavy atom. The van der Waals surface area contributed by atoms with Crippen molar-refractivity contribution in [2.24, 2.45) is 5.92 Å². The summed E-state index contributed by atoms with van der Waals surface area (Å²) in [5.74, 6) is 0.958. The van der Waals surface area contributed by atoms with Gasteiger partial charge in [-0.1, -0.05) is 25.9 Å². The number of likely N-dealkylation sites (tertiary alicyclic amines) is 1. The Kier molecular flexibility index (Phi) is 7.01. The minimum atomic E-state index is 0. The van der Waals surface area contributed by atoms with Crippen molar-refractivity contribution < 1.29 is 9.32 Å². The van der Waals surface area contributed by atoms with Gasteiger partial charge in [0.05, 0.1) is 16.6 Å². The zero-order valence-corrected chi connectivity index (χ0v) is 16.9. The number of piperidine rings is 1. The van der Waals surface area contributed by atoms with Gasteiger partial charge in [0, 0.05) is 18.8 Å². The van der Waals surface area contributed by atoms with E-state index in [4.69, 9.17) is 4.52 Å². The zero-order chi connectivity index (χ0) is 18.0. The molecule has 144 valence electrons. The monoisotopic (exact) mass is 380 g/mol. The molecule has 1 aliphatic rings. The predicted octanol–water partition coefficient (Wildman–Crippen LogP) is 3.54. The fourth-order valence-corrected chi connectivity index (χ4v) is 3.44. The molecule has 0 saturated carbocycles. The van der Waals surface area contributed by atoms with Crippen LogP contribution in [0.1, 0.15) is 61.3 Å². The molecular weight excluding hydrogens is 352 g/mol. The summed E-state index contributed by atoms with van der Waals surface area (Å²) in [5.41, 5.74) is 2.74. The lowest BCUT2D eigenvalue weighted by Gasteiger charge is -2.32. The number of amides is 1. The summed E-state index contributed by atoms with van der Waals surface area (Å²) in [7, 11) is 0. The maximum Gasteiger partial charge on any atom is 0.259 e. The molecule has 1 saturated heterocycles. The molecule has 1 N–H and O–H groups in total. The summed E-state index contributed by atoms with van der Waals surface area (Å²) < 4.78 is 5.34. The van der Waals surface area contributed by atoms with E-state index in [0.29, 0.717) is 17.2 Å². The van der Waals surface area contributed by atoms with Gasteiger partial charge < -0.3 is 14.7 Å². The molecule has 3 heterocycles. The van der Waals surface area contributed by atoms with Crippen molar-refractivity contribution in [3.05, 3.63) is 23.0 Å². The minimum absolute atomic E-state index is 0. The Hall–Kier alpha value is -1.66. The van der Waals surface area contributed by atoms with Crippen molar-refractivity contribution >= 4 is 29.4 Å². The van der Waals surface area contributed by atoms with Gasteiger partial charge in [-0.05, 0) is 50.8 Å². The summed E-state index contributed by atoms with van der Waals surface area (Å²) in [4.78, 5) is 19.7. The van der Waals surface area contributed by atoms with Crippen LogP contribution < -0.4 is 5.32 Å². The van der Waals surface area contributed by atoms with Crippen LogP contribution in [-0.4, -0.2) is 47.1 Å². The van der Waals surface area contributed by atoms with E-state index in [9.17, 15) is 4.79 Å². The van der Waals surface area contributed by atoms with E-state index in [2.05, 4.69) is 36.2 Å². The number of fused-ring (bicyclic) bond motifs is 1. The number of rotatable bonds is 5. The van der Waals surface area contributed by atoms with Crippen LogP contribution in [0, 0.1) is 12.8 Å². The van der Waals surface area contributed by atoms with Crippen molar-refractivity contribution in [1.29, 1.82) is 0 Å². The van der Waals surface area contributed by atoms with Crippen LogP contribution in [-0.2, 0) is 0 Å². The molecule has 0 radical (unpaired) electrons. The standard InChI is InChI=1S/C19H28N4O2.ClH/c1-5-20-11-14-6-8-23(9-7-14)19(24)15-10-16(12(2)3)21-18-17(15)13(4)22-25-18;/h10,12,14,20H,5-9,11H2,1-4H3;1H. The lowest BCUT2D eigenvalue weighted by Crippen LogP contribution is -2.40. The second-order valence-corrected chi connectivity index (χ2v) is 7.24. The largest absolute Gasteiger partial charge is 0.339 e. The molecule has 0 bridgehead atoms. The zero-order valence-electron chi connectivity index (χ0n) is 16.0. The van der Waals surface area contributed by atoms with Gasteiger partial charge in [0.2, 0.25) is 0 Å². The highest BCUT2D eigenvalue weighted by molar-refractivity contribution is 6.06. The number of aryl methyl sites for hydroxylation is 1. The highest BCUT2D eigenvalue weighted by Gasteiger charge is 2.27. The predicted molar refractivity (Wildman–Crippen MR) is 105 cm³/mol. The quantitative estimate of drug-likeness (QED) is 0.858. The molecule has 26 heavy (non-hydrogen) atoms. The van der Waals surface area contributed by atoms with Gasteiger partial charge in [-0.3, -0.25) is 4.79 Å². The van der Waals surface area contributed by atoms with Crippen molar-refractivity contribution in [2.75, 3.05) is 26.2 Å². The molecule has 0 spiro atoms. The third-order valence-electron chi connectivity index (χ3n) is 5.04. The number of nitrogens with one attached hydrogen (secondary N) is 1. The topological polar surface area (TPSA) is 71.3 Å². The molecule has 6 nitrogen and oxygen atoms in total. The third kappa shape index (κ3) is 4.18. The molecule has 2 aromatic rings. The normalized spacial score (nSPS) is 15.5. The minimum Gasteiger partial charge on any atom is -0.339 e. The lowest BCUT2D eigenvalue weighted by molar-refractivity contribution is 0.0692. The molecule has 0 aliphatic carbocycles. The van der Waals surface area contributed by atoms with Crippen LogP contribution in [0.25, 0.3) is 11.1 Å². The SMILES string of the molecule is CCNCC1CCN(C(=O)c2cc(C(C)C)nc3onc(C)c23)CC1.Cl. The van der Waals surface area contributed by atoms with Crippen molar-refractivity contribution in [2.45, 2.75) is 46.5 Å². The average Bonchev–Trinajstić information content (AvgIpc) is 3.00. The number of pyridine rings is 1. The van der Waals surface area contributed by atoms with Gasteiger partial charge in [-0.25, -0.2) is 4.98 Å². The van der Waals surface area contributed by atoms with E-state index < -0.39 is 0 Å². The average molecular weight is 381 g/mol. The highest BCUT2D eigenvalue weighted by Crippen LogP contribution is 2.27. The molecule has 1 fully saturated rings. The Bertz CT molecular complexity index is 751. The number of hydrogen-bond donors (Lipinski definition) is 1. The van der Waals surface area contributed by atoms with Crippen LogP contribution in [0.3, 0.4) is 0 Å². The fraction of sp³-hybridized carbons (Fsp3) is 0.632. The second-order valence-electron chi connectivity index (χ2n) is 7.24. The summed E-state index contributed by atoms with van der Waals surface area (Å²) in [6.07, 6.45) is 2.10. The first kappa shape index (κ1) is 20.6. The van der Waals surface area contributed by atoms with E-state index in [1.54, 1.807) is 0 Å². The summed E-state index contributed by atoms with van der Waals surface area (Å²) >= 11 is 0. The van der Waals surface area contributed by atoms with Gasteiger partial charge in [0.25, 0.3) is 11.6 Å². The Morgan fingerprint density at radius 2 is 2.08 bits per heavy atom. The van der Waals surface area contributed by atoms with Gasteiger partial charge in [0.15, 0.2) is 0 Å². The van der Waals surface area contributed by atoms with Gasteiger partial charge >= 0.3 is 0 Å². The first-order chi connectivity index (χ1) is 12.0. The van der Waals surface area contributed by atoms with Crippen LogP contribution in [0.15, 0.2) is 10.6 Å². The van der Waals surface area contributed by atoms with E-state index in [1.165, 1.54) is 0 Å². The van der Waals surface area contributed by atoms with E-state index in [0.717, 1.165) is 55.8 Å². The number of carbonyl (C=O) groups is 1. The van der Waals surface area contributed by atoms with Crippen LogP contribution in [0.2, 0.25) is 0 Å². The van der Waals surface area contributed by atoms with Crippen molar-refractivity contribution in [1.82, 2.24) is 20.4 Å². The Labute approximate surface area is 161 Å². The second kappa shape index (κ2) is 8.82. The third-order valence-corrected chi connectivity index (χ3v) is 5.04. The molecule has 1 aliphatic heterocycles. The molecule has 0 atom stereocenters. The van der Waals surface area contributed by atoms with E-state index >= 15 is 0 Å². The van der Waals surface area contributed by atoms with Gasteiger partial charge in [-0.2, -0.15) is 0 Å². The molecular formula is C19H29ClN4O2. The molecule has 2 aromatic heterocycles. The van der Waals surface area contributed by atoms with Crippen molar-refractivity contribution in [3.8, 4) is 0 Å². The number of halogens is 1. The molecule has 0 unspecified atom stereocenters. The number of aromatic nitrogens is 2. The van der Waals surface area contributed by atoms with Gasteiger partial charge in [0.1, 0.15) is 0 Å². The number of hydrogen-bond acceptors (Lipinski definition) is 5. The fourth-order valence-electron chi connectivity index (χ4n) is 3.44. The van der Waals surface area contributed by atoms with E-state index in [1.807, 2.05) is 17.9 Å². The number of nitrogens with zero attached hydrogens (tertiary/aromatic N) is 3. The van der Waals surface area contributed by atoms with Crippen LogP contribution in [0.4, 0.5) is 0 Å². The summed E-state index contributed by atoms with van der Waals surface area (Å²) in [5, 5.41) is 8.18. The molecule has 0 aromatic carbocycles. The van der Waals surface area contributed by atoms with E-state index in [-0.39, 0.29) is 24.2 Å². The Morgan fingerprint density at radius 1 is 1.38 bits per heavy atom. The summed E-state index contributed by atoms with van der Waals surface area (Å²) in [6, 6.07) is 1.92. The lowest BCUT2D eigenvalue weighted by atomic mass is 9.95. The smallest absolute Gasteiger partial charge is 0.259 e. The maximum absolute atomic E-state index is 13.2. The molecule has 1 amide bonds. The number of carbonyl (C=O) groups excluding carboxylic acids is 1. The highest BCUT2D eigenvalue weighted by atomic mass is 35.5. The summed E-state index contributed by atoms with van der Waals surface area (Å²) in [6.45, 7) is 11.8. The maximum atomic E-state index is 13.2. The van der Waals surface area contributed by atoms with Crippen LogP contribution in [0.5, 0.6) is 0 Å². The van der Waals surface area contributed by atoms with Crippen LogP contribution >= 0.6 is 12.4 Å². The Balaban J connectivity index is 0.00000243. The van der Waals surface area contributed by atoms with Crippen molar-refractivity contribution in [3.63, 3.8) is 0 Å². The molecule has 7 heteroatoms. The first-order valence-corrected chi connectivity index (χ1v) is 9.28. The van der Waals surface area contributed by atoms with Gasteiger partial charge in [-0.15, -0.1) is 12.4 Å². The molecule has 3 rings (SSSR count).